The third-order valence-electron chi connectivity index (χ3n) is 4.02. The monoisotopic (exact) mass is 247 g/mol. The Morgan fingerprint density at radius 2 is 2.33 bits per heavy atom. The molecule has 100 valence electrons. The minimum absolute atomic E-state index is 0.245. The zero-order valence-corrected chi connectivity index (χ0v) is 12.1. The lowest BCUT2D eigenvalue weighted by atomic mass is 9.74. The topological polar surface area (TPSA) is 29.4 Å². The molecule has 0 aromatic rings. The van der Waals surface area contributed by atoms with Gasteiger partial charge in [-0.1, -0.05) is 23.3 Å². The molecule has 1 aliphatic rings. The number of isocyanates is 1. The largest absolute Gasteiger partial charge is 0.235 e. The Bertz CT molecular complexity index is 384. The first-order valence-corrected chi connectivity index (χ1v) is 6.86. The molecule has 0 aromatic heterocycles. The summed E-state index contributed by atoms with van der Waals surface area (Å²) in [5.41, 5.74) is 2.55. The maximum atomic E-state index is 10.7. The van der Waals surface area contributed by atoms with Crippen molar-refractivity contribution >= 4 is 6.08 Å². The van der Waals surface area contributed by atoms with Gasteiger partial charge in [0.05, 0.1) is 5.54 Å². The molecule has 0 aromatic carbocycles. The molecule has 1 rings (SSSR count). The van der Waals surface area contributed by atoms with Gasteiger partial charge in [0.25, 0.3) is 0 Å². The molecule has 18 heavy (non-hydrogen) atoms. The highest BCUT2D eigenvalue weighted by Crippen LogP contribution is 2.37. The van der Waals surface area contributed by atoms with Crippen molar-refractivity contribution in [3.05, 3.63) is 23.3 Å². The lowest BCUT2D eigenvalue weighted by Crippen LogP contribution is -2.33. The van der Waals surface area contributed by atoms with Gasteiger partial charge in [0, 0.05) is 0 Å². The molecular formula is C16H25NO. The van der Waals surface area contributed by atoms with Crippen LogP contribution in [0, 0.1) is 5.92 Å². The quantitative estimate of drug-likeness (QED) is 0.397. The maximum absolute atomic E-state index is 10.7. The molecular weight excluding hydrogens is 222 g/mol. The Morgan fingerprint density at radius 1 is 1.61 bits per heavy atom. The number of rotatable bonds is 5. The summed E-state index contributed by atoms with van der Waals surface area (Å²) in [7, 11) is 0. The number of nitrogens with zero attached hydrogens (tertiary/aromatic N) is 1. The smallest absolute Gasteiger partial charge is 0.211 e. The summed E-state index contributed by atoms with van der Waals surface area (Å²) in [4.78, 5) is 14.8. The van der Waals surface area contributed by atoms with Gasteiger partial charge in [0.15, 0.2) is 0 Å². The van der Waals surface area contributed by atoms with E-state index in [2.05, 4.69) is 44.8 Å². The molecule has 2 heteroatoms. The van der Waals surface area contributed by atoms with Crippen molar-refractivity contribution in [1.82, 2.24) is 0 Å². The van der Waals surface area contributed by atoms with Crippen LogP contribution in [0.2, 0.25) is 0 Å². The van der Waals surface area contributed by atoms with Crippen LogP contribution >= 0.6 is 0 Å². The van der Waals surface area contributed by atoms with Gasteiger partial charge in [-0.15, -0.1) is 0 Å². The van der Waals surface area contributed by atoms with Gasteiger partial charge in [-0.05, 0) is 65.7 Å². The first-order chi connectivity index (χ1) is 8.48. The number of allylic oxidation sites excluding steroid dienone is 4. The summed E-state index contributed by atoms with van der Waals surface area (Å²) in [6, 6.07) is 0. The van der Waals surface area contributed by atoms with E-state index >= 15 is 0 Å². The van der Waals surface area contributed by atoms with E-state index in [0.717, 1.165) is 32.1 Å². The van der Waals surface area contributed by atoms with Crippen molar-refractivity contribution in [2.24, 2.45) is 10.9 Å². The van der Waals surface area contributed by atoms with Crippen LogP contribution in [0.3, 0.4) is 0 Å². The maximum Gasteiger partial charge on any atom is 0.235 e. The summed E-state index contributed by atoms with van der Waals surface area (Å²) < 4.78 is 0. The second-order valence-corrected chi connectivity index (χ2v) is 5.90. The molecule has 2 nitrogen and oxygen atoms in total. The zero-order valence-electron chi connectivity index (χ0n) is 12.1. The summed E-state index contributed by atoms with van der Waals surface area (Å²) in [6.45, 7) is 8.50. The molecule has 0 spiro atoms. The van der Waals surface area contributed by atoms with Crippen LogP contribution in [0.5, 0.6) is 0 Å². The van der Waals surface area contributed by atoms with Gasteiger partial charge < -0.3 is 0 Å². The lowest BCUT2D eigenvalue weighted by molar-refractivity contribution is 0.258. The highest BCUT2D eigenvalue weighted by molar-refractivity contribution is 5.35. The number of aliphatic imine (C=N–C) groups is 1. The van der Waals surface area contributed by atoms with Crippen molar-refractivity contribution in [3.63, 3.8) is 0 Å². The minimum atomic E-state index is -0.245. The second-order valence-electron chi connectivity index (χ2n) is 5.90. The van der Waals surface area contributed by atoms with Crippen LogP contribution in [0.15, 0.2) is 28.3 Å². The van der Waals surface area contributed by atoms with Crippen molar-refractivity contribution in [1.29, 1.82) is 0 Å². The van der Waals surface area contributed by atoms with Gasteiger partial charge in [0.2, 0.25) is 6.08 Å². The van der Waals surface area contributed by atoms with Gasteiger partial charge in [-0.2, -0.15) is 4.99 Å². The lowest BCUT2D eigenvalue weighted by Gasteiger charge is -2.34. The summed E-state index contributed by atoms with van der Waals surface area (Å²) in [5.74, 6) is 0.480. The van der Waals surface area contributed by atoms with E-state index in [1.165, 1.54) is 11.1 Å². The SMILES string of the molecule is CC(C)=CCCC(C)(N=C=O)C1CC=C(C)CC1. The fourth-order valence-corrected chi connectivity index (χ4v) is 2.64. The molecule has 0 saturated heterocycles. The van der Waals surface area contributed by atoms with Crippen molar-refractivity contribution < 1.29 is 4.79 Å². The average molecular weight is 247 g/mol. The average Bonchev–Trinajstić information content (AvgIpc) is 2.29. The van der Waals surface area contributed by atoms with Crippen LogP contribution in [-0.4, -0.2) is 11.6 Å². The van der Waals surface area contributed by atoms with E-state index in [-0.39, 0.29) is 5.54 Å². The van der Waals surface area contributed by atoms with Gasteiger partial charge in [-0.3, -0.25) is 0 Å². The van der Waals surface area contributed by atoms with Crippen molar-refractivity contribution in [2.75, 3.05) is 0 Å². The molecule has 0 N–H and O–H groups in total. The first-order valence-electron chi connectivity index (χ1n) is 6.86. The Morgan fingerprint density at radius 3 is 2.83 bits per heavy atom. The molecule has 2 atom stereocenters. The fourth-order valence-electron chi connectivity index (χ4n) is 2.64. The third kappa shape index (κ3) is 4.27. The number of hydrogen-bond donors (Lipinski definition) is 0. The molecule has 0 saturated carbocycles. The van der Waals surface area contributed by atoms with E-state index in [1.807, 2.05) is 0 Å². The molecule has 0 fully saturated rings. The van der Waals surface area contributed by atoms with Gasteiger partial charge in [-0.25, -0.2) is 4.79 Å². The summed E-state index contributed by atoms with van der Waals surface area (Å²) in [6.07, 6.45) is 11.6. The van der Waals surface area contributed by atoms with Crippen molar-refractivity contribution in [2.45, 2.75) is 65.3 Å². The van der Waals surface area contributed by atoms with E-state index in [0.29, 0.717) is 5.92 Å². The van der Waals surface area contributed by atoms with Crippen LogP contribution in [0.1, 0.15) is 59.8 Å². The van der Waals surface area contributed by atoms with Crippen LogP contribution in [0.25, 0.3) is 0 Å². The summed E-state index contributed by atoms with van der Waals surface area (Å²) in [5, 5.41) is 0. The Kier molecular flexibility index (Phi) is 5.55. The molecule has 0 heterocycles. The van der Waals surface area contributed by atoms with Crippen LogP contribution < -0.4 is 0 Å². The standard InChI is InChI=1S/C16H25NO/c1-13(2)6-5-11-16(4,17-12-18)15-9-7-14(3)8-10-15/h6-7,15H,5,8-11H2,1-4H3. The highest BCUT2D eigenvalue weighted by atomic mass is 16.1. The third-order valence-corrected chi connectivity index (χ3v) is 4.02. The van der Waals surface area contributed by atoms with Crippen molar-refractivity contribution in [3.8, 4) is 0 Å². The molecule has 0 amide bonds. The predicted octanol–water partition coefficient (Wildman–Crippen LogP) is 4.57. The predicted molar refractivity (Wildman–Crippen MR) is 76.3 cm³/mol. The van der Waals surface area contributed by atoms with E-state index < -0.39 is 0 Å². The Balaban J connectivity index is 2.74. The molecule has 0 bridgehead atoms. The highest BCUT2D eigenvalue weighted by Gasteiger charge is 2.33. The zero-order chi connectivity index (χ0) is 13.6. The molecule has 0 aliphatic heterocycles. The normalized spacial score (nSPS) is 22.4. The second kappa shape index (κ2) is 6.70. The fraction of sp³-hybridized carbons (Fsp3) is 0.688. The van der Waals surface area contributed by atoms with Crippen LogP contribution in [0.4, 0.5) is 0 Å². The number of hydrogen-bond acceptors (Lipinski definition) is 2. The number of carbonyl (C=O) groups excluding carboxylic acids is 1. The molecule has 2 unspecified atom stereocenters. The first kappa shape index (κ1) is 14.9. The van der Waals surface area contributed by atoms with Gasteiger partial charge in [0.1, 0.15) is 0 Å². The Hall–Kier alpha value is -1.14. The summed E-state index contributed by atoms with van der Waals surface area (Å²) >= 11 is 0. The van der Waals surface area contributed by atoms with E-state index in [4.69, 9.17) is 0 Å². The molecule has 0 radical (unpaired) electrons. The Labute approximate surface area is 111 Å². The van der Waals surface area contributed by atoms with E-state index in [9.17, 15) is 4.79 Å². The minimum Gasteiger partial charge on any atom is -0.211 e. The van der Waals surface area contributed by atoms with Gasteiger partial charge >= 0.3 is 0 Å². The van der Waals surface area contributed by atoms with Crippen LogP contribution in [-0.2, 0) is 4.79 Å². The molecule has 1 aliphatic carbocycles. The van der Waals surface area contributed by atoms with E-state index in [1.54, 1.807) is 6.08 Å².